The Morgan fingerprint density at radius 3 is 1.14 bits per heavy atom. The molecule has 4 aliphatic heterocycles. The molecule has 4 heterocycles. The highest BCUT2D eigenvalue weighted by Crippen LogP contribution is 2.38. The lowest BCUT2D eigenvalue weighted by molar-refractivity contribution is -0.142. The summed E-state index contributed by atoms with van der Waals surface area (Å²) in [5.41, 5.74) is 3.46. The van der Waals surface area contributed by atoms with E-state index >= 15 is 0 Å². The fourth-order valence-corrected chi connectivity index (χ4v) is 12.0. The molecule has 4 aromatic carbocycles. The summed E-state index contributed by atoms with van der Waals surface area (Å²) in [5, 5.41) is 41.4. The molecule has 4 fully saturated rings. The third-order valence-corrected chi connectivity index (χ3v) is 17.4. The van der Waals surface area contributed by atoms with E-state index in [0.717, 1.165) is 142 Å². The minimum absolute atomic E-state index is 0.153. The van der Waals surface area contributed by atoms with Crippen molar-refractivity contribution in [3.05, 3.63) is 144 Å². The molecule has 0 bridgehead atoms. The third kappa shape index (κ3) is 25.5. The first-order valence-corrected chi connectivity index (χ1v) is 31.8. The summed E-state index contributed by atoms with van der Waals surface area (Å²) < 4.78 is 9.91. The number of nitrogens with zero attached hydrogens (tertiary/aromatic N) is 10. The standard InChI is InChI=1S/C21H31N3O2.C18H27N3.C17H23N3O.C16H20N2O2/c1-20(2,3)26-19(25)23-12-7-13-24-14-10-21(17-22,11-15-24)16-18-8-5-4-6-9-18;1-20(2)11-6-12-21-13-9-18(16-19,10-14-21)15-17-7-4-3-5-8-17;1-19(2)13-16(21)20-10-8-17(14-18,9-11-20)12-15-6-4-3-5-7-15;1-20-15(19)12-18-9-7-16(13-17,8-10-18)11-14-5-3-2-4-6-14/h4-6,8-9H,7,10-16H2,1-3H3,(H,23,25);3-5,7-8H,6,9-15H2,1-2H3;3-7H,8-13H2,1-2H3;2-6H,7-12H2,1H3. The second-order valence-corrected chi connectivity index (χ2v) is 26.3. The summed E-state index contributed by atoms with van der Waals surface area (Å²) in [6.07, 6.45) is 12.0. The number of esters is 1. The Hall–Kier alpha value is -7.15. The second kappa shape index (κ2) is 36.4. The molecule has 4 aromatic rings. The zero-order valence-electron chi connectivity index (χ0n) is 54.4. The first kappa shape index (κ1) is 71.6. The van der Waals surface area contributed by atoms with Crippen molar-refractivity contribution >= 4 is 18.0 Å². The van der Waals surface area contributed by atoms with Gasteiger partial charge in [-0.2, -0.15) is 21.0 Å². The van der Waals surface area contributed by atoms with E-state index in [1.807, 2.05) is 105 Å². The minimum atomic E-state index is -0.462. The van der Waals surface area contributed by atoms with Crippen molar-refractivity contribution in [3.8, 4) is 24.3 Å². The molecule has 88 heavy (non-hydrogen) atoms. The van der Waals surface area contributed by atoms with Crippen LogP contribution >= 0.6 is 0 Å². The number of likely N-dealkylation sites (tertiary alicyclic amines) is 4. The van der Waals surface area contributed by atoms with Gasteiger partial charge >= 0.3 is 12.1 Å². The summed E-state index contributed by atoms with van der Waals surface area (Å²) in [7, 11) is 9.45. The van der Waals surface area contributed by atoms with Crippen molar-refractivity contribution in [3.63, 3.8) is 0 Å². The van der Waals surface area contributed by atoms with Crippen molar-refractivity contribution < 1.29 is 23.9 Å². The maximum absolute atomic E-state index is 12.1. The molecule has 16 nitrogen and oxygen atoms in total. The molecule has 0 saturated carbocycles. The van der Waals surface area contributed by atoms with E-state index in [9.17, 15) is 35.4 Å². The van der Waals surface area contributed by atoms with Crippen molar-refractivity contribution in [2.45, 2.75) is 116 Å². The number of ether oxygens (including phenoxy) is 2. The van der Waals surface area contributed by atoms with E-state index in [-0.39, 0.29) is 39.6 Å². The Balaban J connectivity index is 0.000000215. The van der Waals surface area contributed by atoms with Gasteiger partial charge in [-0.3, -0.25) is 14.5 Å². The predicted octanol–water partition coefficient (Wildman–Crippen LogP) is 10.5. The number of benzene rings is 4. The van der Waals surface area contributed by atoms with Crippen LogP contribution in [0.15, 0.2) is 121 Å². The molecule has 2 amide bonds. The average Bonchev–Trinajstić information content (AvgIpc) is 2.47. The van der Waals surface area contributed by atoms with Crippen molar-refractivity contribution in [1.29, 1.82) is 21.0 Å². The van der Waals surface area contributed by atoms with Gasteiger partial charge < -0.3 is 39.3 Å². The number of carbonyl (C=O) groups is 3. The molecule has 0 atom stereocenters. The molecular weight excluding hydrogens is 1100 g/mol. The lowest BCUT2D eigenvalue weighted by Crippen LogP contribution is -2.46. The molecule has 0 spiro atoms. The number of nitriles is 4. The van der Waals surface area contributed by atoms with Gasteiger partial charge in [0.05, 0.1) is 66.1 Å². The lowest BCUT2D eigenvalue weighted by Gasteiger charge is -2.37. The number of rotatable bonds is 20. The molecule has 474 valence electrons. The Kier molecular flexibility index (Phi) is 29.6. The highest BCUT2D eigenvalue weighted by Gasteiger charge is 2.39. The summed E-state index contributed by atoms with van der Waals surface area (Å²) in [5.74, 6) is -0.0521. The second-order valence-electron chi connectivity index (χ2n) is 26.3. The molecule has 4 aliphatic rings. The van der Waals surface area contributed by atoms with Crippen LogP contribution in [0, 0.1) is 67.0 Å². The Morgan fingerprint density at radius 2 is 0.830 bits per heavy atom. The maximum atomic E-state index is 12.1. The van der Waals surface area contributed by atoms with Crippen molar-refractivity contribution in [2.75, 3.05) is 127 Å². The maximum Gasteiger partial charge on any atom is 0.407 e. The van der Waals surface area contributed by atoms with Crippen molar-refractivity contribution in [2.24, 2.45) is 21.7 Å². The monoisotopic (exact) mass is 1200 g/mol. The van der Waals surface area contributed by atoms with Gasteiger partial charge in [-0.25, -0.2) is 4.79 Å². The fraction of sp³-hybridized carbons (Fsp3) is 0.569. The molecular formula is C72H101N11O5. The average molecular weight is 1200 g/mol. The van der Waals surface area contributed by atoms with E-state index in [0.29, 0.717) is 32.7 Å². The van der Waals surface area contributed by atoms with Crippen LogP contribution in [0.1, 0.15) is 107 Å². The SMILES string of the molecule is CC(C)(C)OC(=O)NCCCN1CCC(C#N)(Cc2ccccc2)CC1.CN(C)CC(=O)N1CCC(C#N)(Cc2ccccc2)CC1.CN(C)CCCN1CCC(C#N)(Cc2ccccc2)CC1.COC(=O)CN1CCC(C#N)(Cc2ccccc2)CC1. The highest BCUT2D eigenvalue weighted by molar-refractivity contribution is 5.78. The van der Waals surface area contributed by atoms with Gasteiger partial charge in [-0.15, -0.1) is 0 Å². The molecule has 0 aliphatic carbocycles. The van der Waals surface area contributed by atoms with Crippen LogP contribution in [0.2, 0.25) is 0 Å². The zero-order chi connectivity index (χ0) is 63.9. The van der Waals surface area contributed by atoms with Gasteiger partial charge in [0, 0.05) is 32.7 Å². The summed E-state index contributed by atoms with van der Waals surface area (Å²) in [4.78, 5) is 47.9. The fourth-order valence-electron chi connectivity index (χ4n) is 12.0. The number of piperidine rings is 4. The van der Waals surface area contributed by atoms with Crippen LogP contribution in [0.3, 0.4) is 0 Å². The predicted molar refractivity (Wildman–Crippen MR) is 348 cm³/mol. The Labute approximate surface area is 528 Å². The van der Waals surface area contributed by atoms with Gasteiger partial charge in [0.1, 0.15) is 5.60 Å². The largest absolute Gasteiger partial charge is 0.468 e. The zero-order valence-corrected chi connectivity index (χ0v) is 54.4. The van der Waals surface area contributed by atoms with Gasteiger partial charge in [-0.1, -0.05) is 121 Å². The van der Waals surface area contributed by atoms with E-state index in [1.54, 1.807) is 0 Å². The van der Waals surface area contributed by atoms with Crippen LogP contribution < -0.4 is 5.32 Å². The Morgan fingerprint density at radius 1 is 0.500 bits per heavy atom. The molecule has 8 rings (SSSR count). The van der Waals surface area contributed by atoms with Crippen molar-refractivity contribution in [1.82, 2.24) is 34.7 Å². The Bertz CT molecular complexity index is 2840. The normalized spacial score (nSPS) is 17.9. The summed E-state index contributed by atoms with van der Waals surface area (Å²) in [6, 6.07) is 51.3. The van der Waals surface area contributed by atoms with Crippen LogP contribution in [0.25, 0.3) is 0 Å². The number of carbonyl (C=O) groups excluding carboxylic acids is 3. The van der Waals surface area contributed by atoms with Gasteiger partial charge in [-0.05, 0) is 207 Å². The van der Waals surface area contributed by atoms with E-state index in [1.165, 1.54) is 35.8 Å². The van der Waals surface area contributed by atoms with Crippen LogP contribution in [-0.4, -0.2) is 180 Å². The quantitative estimate of drug-likeness (QED) is 0.0648. The number of hydrogen-bond donors (Lipinski definition) is 1. The summed E-state index contributed by atoms with van der Waals surface area (Å²) >= 11 is 0. The number of methoxy groups -OCH3 is 1. The van der Waals surface area contributed by atoms with Crippen LogP contribution in [-0.2, 0) is 44.7 Å². The van der Waals surface area contributed by atoms with Crippen LogP contribution in [0.4, 0.5) is 4.79 Å². The third-order valence-electron chi connectivity index (χ3n) is 17.4. The first-order valence-electron chi connectivity index (χ1n) is 31.8. The van der Waals surface area contributed by atoms with E-state index in [2.05, 4.69) is 129 Å². The van der Waals surface area contributed by atoms with E-state index < -0.39 is 5.60 Å². The molecule has 0 unspecified atom stereocenters. The highest BCUT2D eigenvalue weighted by atomic mass is 16.6. The number of alkyl carbamates (subject to hydrolysis) is 1. The van der Waals surface area contributed by atoms with Gasteiger partial charge in [0.2, 0.25) is 5.91 Å². The molecule has 0 radical (unpaired) electrons. The number of likely N-dealkylation sites (N-methyl/N-ethyl adjacent to an activating group) is 1. The lowest BCUT2D eigenvalue weighted by atomic mass is 9.75. The number of hydrogen-bond acceptors (Lipinski definition) is 14. The topological polar surface area (TPSA) is 196 Å². The van der Waals surface area contributed by atoms with Gasteiger partial charge in [0.15, 0.2) is 0 Å². The molecule has 1 N–H and O–H groups in total. The van der Waals surface area contributed by atoms with Crippen LogP contribution in [0.5, 0.6) is 0 Å². The molecule has 4 saturated heterocycles. The minimum Gasteiger partial charge on any atom is -0.468 e. The number of nitrogens with one attached hydrogen (secondary N) is 1. The summed E-state index contributed by atoms with van der Waals surface area (Å²) in [6.45, 7) is 17.1. The van der Waals surface area contributed by atoms with Gasteiger partial charge in [0.25, 0.3) is 0 Å². The number of amides is 2. The molecule has 16 heteroatoms. The van der Waals surface area contributed by atoms with E-state index in [4.69, 9.17) is 4.74 Å². The first-order chi connectivity index (χ1) is 42.2. The molecule has 0 aromatic heterocycles. The smallest absolute Gasteiger partial charge is 0.407 e.